The molecule has 0 radical (unpaired) electrons. The molecule has 0 saturated heterocycles. The van der Waals surface area contributed by atoms with Crippen molar-refractivity contribution in [3.05, 3.63) is 24.5 Å². The van der Waals surface area contributed by atoms with Crippen molar-refractivity contribution in [2.45, 2.75) is 0 Å². The van der Waals surface area contributed by atoms with Crippen molar-refractivity contribution in [1.82, 2.24) is 0 Å². The lowest BCUT2D eigenvalue weighted by atomic mass is 10.5. The SMILES string of the molecule is NC1=NOC=CC=C1. The molecule has 0 aromatic carbocycles. The Labute approximate surface area is 47.1 Å². The standard InChI is InChI=1S/C5H6N2O/c6-5-3-1-2-4-8-7-5/h1-4H,(H2,6,7). The summed E-state index contributed by atoms with van der Waals surface area (Å²) in [6, 6.07) is 0. The Hall–Kier alpha value is -1.25. The molecule has 0 atom stereocenters. The summed E-state index contributed by atoms with van der Waals surface area (Å²) in [4.78, 5) is 4.53. The van der Waals surface area contributed by atoms with Crippen LogP contribution in [0.1, 0.15) is 0 Å². The maximum atomic E-state index is 5.23. The molecule has 0 unspecified atom stereocenters. The third kappa shape index (κ3) is 1.11. The summed E-state index contributed by atoms with van der Waals surface area (Å²) in [7, 11) is 0. The van der Waals surface area contributed by atoms with E-state index < -0.39 is 0 Å². The zero-order chi connectivity index (χ0) is 5.82. The van der Waals surface area contributed by atoms with Gasteiger partial charge in [0.25, 0.3) is 0 Å². The number of allylic oxidation sites excluding steroid dienone is 2. The van der Waals surface area contributed by atoms with Crippen molar-refractivity contribution in [3.63, 3.8) is 0 Å². The van der Waals surface area contributed by atoms with E-state index in [0.717, 1.165) is 0 Å². The Bertz CT molecular complexity index is 155. The number of nitrogens with two attached hydrogens (primary N) is 1. The molecule has 0 bridgehead atoms. The number of amidine groups is 1. The fraction of sp³-hybridized carbons (Fsp3) is 0. The molecular formula is C5H6N2O. The zero-order valence-electron chi connectivity index (χ0n) is 4.24. The summed E-state index contributed by atoms with van der Waals surface area (Å²) >= 11 is 0. The first-order chi connectivity index (χ1) is 3.89. The molecule has 1 rings (SSSR count). The Morgan fingerprint density at radius 2 is 2.38 bits per heavy atom. The minimum absolute atomic E-state index is 0.384. The second-order valence-electron chi connectivity index (χ2n) is 1.31. The van der Waals surface area contributed by atoms with E-state index in [2.05, 4.69) is 9.99 Å². The molecule has 0 aliphatic carbocycles. The van der Waals surface area contributed by atoms with Gasteiger partial charge in [0.15, 0.2) is 5.84 Å². The van der Waals surface area contributed by atoms with Gasteiger partial charge in [0.2, 0.25) is 0 Å². The van der Waals surface area contributed by atoms with E-state index in [-0.39, 0.29) is 0 Å². The fourth-order valence-electron chi connectivity index (χ4n) is 0.356. The van der Waals surface area contributed by atoms with Gasteiger partial charge < -0.3 is 10.6 Å². The maximum absolute atomic E-state index is 5.23. The number of oxime groups is 1. The molecule has 0 saturated carbocycles. The van der Waals surface area contributed by atoms with Crippen LogP contribution >= 0.6 is 0 Å². The van der Waals surface area contributed by atoms with Crippen LogP contribution in [-0.2, 0) is 4.84 Å². The Morgan fingerprint density at radius 3 is 3.25 bits per heavy atom. The Kier molecular flexibility index (Phi) is 1.32. The van der Waals surface area contributed by atoms with E-state index in [1.165, 1.54) is 6.26 Å². The van der Waals surface area contributed by atoms with Crippen molar-refractivity contribution in [3.8, 4) is 0 Å². The molecule has 3 nitrogen and oxygen atoms in total. The average Bonchev–Trinajstić information content (AvgIpc) is 1.94. The van der Waals surface area contributed by atoms with Crippen LogP contribution in [0.3, 0.4) is 0 Å². The Balaban J connectivity index is 2.69. The molecule has 42 valence electrons. The minimum Gasteiger partial charge on any atom is -0.381 e. The first-order valence-corrected chi connectivity index (χ1v) is 2.22. The molecule has 0 fully saturated rings. The predicted molar refractivity (Wildman–Crippen MR) is 31.0 cm³/mol. The summed E-state index contributed by atoms with van der Waals surface area (Å²) in [6.07, 6.45) is 6.58. The second-order valence-corrected chi connectivity index (χ2v) is 1.31. The summed E-state index contributed by atoms with van der Waals surface area (Å²) in [6.45, 7) is 0. The van der Waals surface area contributed by atoms with Gasteiger partial charge in [-0.15, -0.1) is 0 Å². The molecular weight excluding hydrogens is 104 g/mol. The monoisotopic (exact) mass is 110 g/mol. The van der Waals surface area contributed by atoms with Gasteiger partial charge >= 0.3 is 0 Å². The van der Waals surface area contributed by atoms with Gasteiger partial charge in [-0.1, -0.05) is 11.2 Å². The van der Waals surface area contributed by atoms with E-state index in [0.29, 0.717) is 5.84 Å². The van der Waals surface area contributed by atoms with Crippen LogP contribution in [0.25, 0.3) is 0 Å². The Morgan fingerprint density at radius 1 is 1.50 bits per heavy atom. The van der Waals surface area contributed by atoms with Gasteiger partial charge in [-0.25, -0.2) is 0 Å². The zero-order valence-corrected chi connectivity index (χ0v) is 4.24. The molecule has 2 N–H and O–H groups in total. The third-order valence-electron chi connectivity index (χ3n) is 0.676. The highest BCUT2D eigenvalue weighted by molar-refractivity contribution is 5.91. The summed E-state index contributed by atoms with van der Waals surface area (Å²) in [5.41, 5.74) is 5.23. The van der Waals surface area contributed by atoms with Crippen LogP contribution in [0, 0.1) is 0 Å². The van der Waals surface area contributed by atoms with Crippen LogP contribution in [0.2, 0.25) is 0 Å². The van der Waals surface area contributed by atoms with Crippen molar-refractivity contribution in [2.75, 3.05) is 0 Å². The van der Waals surface area contributed by atoms with Gasteiger partial charge in [-0.05, 0) is 12.2 Å². The lowest BCUT2D eigenvalue weighted by molar-refractivity contribution is 0.269. The molecule has 1 aliphatic rings. The first kappa shape index (κ1) is 4.90. The molecule has 1 aliphatic heterocycles. The van der Waals surface area contributed by atoms with Gasteiger partial charge in [0.1, 0.15) is 6.26 Å². The lowest BCUT2D eigenvalue weighted by Crippen LogP contribution is -2.06. The van der Waals surface area contributed by atoms with E-state index in [1.807, 2.05) is 0 Å². The van der Waals surface area contributed by atoms with Crippen molar-refractivity contribution >= 4 is 5.84 Å². The fourth-order valence-corrected chi connectivity index (χ4v) is 0.356. The number of nitrogens with zero attached hydrogens (tertiary/aromatic N) is 1. The van der Waals surface area contributed by atoms with Crippen LogP contribution < -0.4 is 5.73 Å². The first-order valence-electron chi connectivity index (χ1n) is 2.22. The highest BCUT2D eigenvalue weighted by Gasteiger charge is 1.83. The van der Waals surface area contributed by atoms with Crippen LogP contribution in [0.4, 0.5) is 0 Å². The molecule has 0 spiro atoms. The molecule has 3 heteroatoms. The topological polar surface area (TPSA) is 47.6 Å². The van der Waals surface area contributed by atoms with Gasteiger partial charge in [0, 0.05) is 0 Å². The van der Waals surface area contributed by atoms with Gasteiger partial charge in [-0.2, -0.15) is 0 Å². The molecule has 1 heterocycles. The van der Waals surface area contributed by atoms with Gasteiger partial charge in [0.05, 0.1) is 0 Å². The number of rotatable bonds is 0. The van der Waals surface area contributed by atoms with Crippen LogP contribution in [0.5, 0.6) is 0 Å². The van der Waals surface area contributed by atoms with Gasteiger partial charge in [-0.3, -0.25) is 0 Å². The minimum atomic E-state index is 0.384. The van der Waals surface area contributed by atoms with Crippen LogP contribution in [0.15, 0.2) is 29.6 Å². The smallest absolute Gasteiger partial charge is 0.163 e. The molecule has 0 aromatic rings. The van der Waals surface area contributed by atoms with Crippen LogP contribution in [-0.4, -0.2) is 5.84 Å². The lowest BCUT2D eigenvalue weighted by Gasteiger charge is -1.84. The third-order valence-corrected chi connectivity index (χ3v) is 0.676. The van der Waals surface area contributed by atoms with E-state index >= 15 is 0 Å². The van der Waals surface area contributed by atoms with E-state index in [4.69, 9.17) is 5.73 Å². The summed E-state index contributed by atoms with van der Waals surface area (Å²) in [5.74, 6) is 0.384. The molecule has 0 amide bonds. The maximum Gasteiger partial charge on any atom is 0.163 e. The van der Waals surface area contributed by atoms with Crippen molar-refractivity contribution < 1.29 is 4.84 Å². The summed E-state index contributed by atoms with van der Waals surface area (Å²) in [5, 5.41) is 3.44. The second kappa shape index (κ2) is 2.16. The normalized spacial score (nSPS) is 16.8. The van der Waals surface area contributed by atoms with E-state index in [9.17, 15) is 0 Å². The summed E-state index contributed by atoms with van der Waals surface area (Å²) < 4.78 is 0. The predicted octanol–water partition coefficient (Wildman–Crippen LogP) is 0.359. The van der Waals surface area contributed by atoms with Crippen molar-refractivity contribution in [2.24, 2.45) is 10.9 Å². The highest BCUT2D eigenvalue weighted by Crippen LogP contribution is 1.87. The van der Waals surface area contributed by atoms with E-state index in [1.54, 1.807) is 18.2 Å². The quantitative estimate of drug-likeness (QED) is 0.489. The number of hydrogen-bond acceptors (Lipinski definition) is 3. The number of hydrogen-bond donors (Lipinski definition) is 1. The average molecular weight is 110 g/mol. The molecule has 8 heavy (non-hydrogen) atoms. The van der Waals surface area contributed by atoms with Crippen molar-refractivity contribution in [1.29, 1.82) is 0 Å². The largest absolute Gasteiger partial charge is 0.381 e. The molecule has 0 aromatic heterocycles. The highest BCUT2D eigenvalue weighted by atomic mass is 16.6.